The fraction of sp³-hybridized carbons (Fsp3) is 0.250. The summed E-state index contributed by atoms with van der Waals surface area (Å²) in [5.41, 5.74) is 1.25. The van der Waals surface area contributed by atoms with Crippen molar-refractivity contribution in [3.8, 4) is 5.75 Å². The predicted molar refractivity (Wildman–Crippen MR) is 86.5 cm³/mol. The van der Waals surface area contributed by atoms with E-state index in [-0.39, 0.29) is 5.75 Å². The van der Waals surface area contributed by atoms with Gasteiger partial charge >= 0.3 is 0 Å². The molecule has 1 N–H and O–H groups in total. The van der Waals surface area contributed by atoms with Gasteiger partial charge in [-0.3, -0.25) is 4.72 Å². The Balaban J connectivity index is 1.94. The van der Waals surface area contributed by atoms with E-state index in [1.54, 1.807) is 43.5 Å². The van der Waals surface area contributed by atoms with Crippen molar-refractivity contribution in [2.24, 2.45) is 0 Å². The number of hydrogen-bond donors (Lipinski definition) is 1. The Kier molecular flexibility index (Phi) is 5.80. The minimum atomic E-state index is -3.43. The van der Waals surface area contributed by atoms with Gasteiger partial charge in [0.05, 0.1) is 12.4 Å². The number of ether oxygens (including phenoxy) is 2. The lowest BCUT2D eigenvalue weighted by Crippen LogP contribution is -2.15. The van der Waals surface area contributed by atoms with Crippen LogP contribution < -0.4 is 9.46 Å². The van der Waals surface area contributed by atoms with Crippen LogP contribution >= 0.6 is 0 Å². The minimum absolute atomic E-state index is 0.0556. The van der Waals surface area contributed by atoms with Crippen molar-refractivity contribution < 1.29 is 17.9 Å². The molecule has 0 heterocycles. The van der Waals surface area contributed by atoms with Crippen molar-refractivity contribution in [2.75, 3.05) is 25.0 Å². The molecule has 0 aromatic heterocycles. The van der Waals surface area contributed by atoms with Crippen molar-refractivity contribution in [1.82, 2.24) is 0 Å². The third-order valence-electron chi connectivity index (χ3n) is 2.88. The van der Waals surface area contributed by atoms with Crippen LogP contribution in [-0.2, 0) is 20.5 Å². The molecular weight excluding hydrogens is 302 g/mol. The predicted octanol–water partition coefficient (Wildman–Crippen LogP) is 2.65. The second-order valence-electron chi connectivity index (χ2n) is 4.71. The molecule has 0 atom stereocenters. The molecule has 0 unspecified atom stereocenters. The van der Waals surface area contributed by atoms with Crippen LogP contribution in [0.15, 0.2) is 54.6 Å². The smallest absolute Gasteiger partial charge is 0.236 e. The highest BCUT2D eigenvalue weighted by Gasteiger charge is 2.11. The van der Waals surface area contributed by atoms with Crippen LogP contribution in [0.5, 0.6) is 5.75 Å². The molecule has 0 aliphatic carbocycles. The number of sulfonamides is 1. The zero-order valence-corrected chi connectivity index (χ0v) is 13.2. The Morgan fingerprint density at radius 1 is 0.955 bits per heavy atom. The molecule has 0 aliphatic rings. The van der Waals surface area contributed by atoms with Crippen LogP contribution in [-0.4, -0.2) is 28.7 Å². The van der Waals surface area contributed by atoms with E-state index < -0.39 is 10.0 Å². The molecule has 22 heavy (non-hydrogen) atoms. The highest BCUT2D eigenvalue weighted by molar-refractivity contribution is 7.91. The minimum Gasteiger partial charge on any atom is -0.491 e. The summed E-state index contributed by atoms with van der Waals surface area (Å²) >= 11 is 0. The third-order valence-corrected chi connectivity index (χ3v) is 4.14. The Morgan fingerprint density at radius 2 is 1.64 bits per heavy atom. The van der Waals surface area contributed by atoms with Crippen LogP contribution in [0.25, 0.3) is 0 Å². The quantitative estimate of drug-likeness (QED) is 0.759. The molecular formula is C16H19NO4S. The van der Waals surface area contributed by atoms with Crippen molar-refractivity contribution in [1.29, 1.82) is 0 Å². The average molecular weight is 321 g/mol. The van der Waals surface area contributed by atoms with Crippen LogP contribution in [0.1, 0.15) is 5.56 Å². The van der Waals surface area contributed by atoms with E-state index in [2.05, 4.69) is 4.72 Å². The van der Waals surface area contributed by atoms with Gasteiger partial charge in [0.1, 0.15) is 12.4 Å². The Morgan fingerprint density at radius 3 is 2.27 bits per heavy atom. The molecule has 5 nitrogen and oxygen atoms in total. The summed E-state index contributed by atoms with van der Waals surface area (Å²) in [6.07, 6.45) is 0. The van der Waals surface area contributed by atoms with Crippen molar-refractivity contribution >= 4 is 15.7 Å². The van der Waals surface area contributed by atoms with E-state index in [0.29, 0.717) is 24.7 Å². The zero-order valence-electron chi connectivity index (χ0n) is 12.4. The number of anilines is 1. The van der Waals surface area contributed by atoms with Gasteiger partial charge in [0.25, 0.3) is 0 Å². The standard InChI is InChI=1S/C16H19NO4S/c1-20-11-12-21-16-9-7-15(8-10-16)17-22(18,19)13-14-5-3-2-4-6-14/h2-10,17H,11-13H2,1H3. The van der Waals surface area contributed by atoms with Gasteiger partial charge in [-0.15, -0.1) is 0 Å². The van der Waals surface area contributed by atoms with Gasteiger partial charge in [-0.25, -0.2) is 8.42 Å². The summed E-state index contributed by atoms with van der Waals surface area (Å²) in [6.45, 7) is 0.959. The Hall–Kier alpha value is -2.05. The summed E-state index contributed by atoms with van der Waals surface area (Å²) in [7, 11) is -1.83. The SMILES string of the molecule is COCCOc1ccc(NS(=O)(=O)Cc2ccccc2)cc1. The Labute approximate surface area is 130 Å². The molecule has 118 valence electrons. The third kappa shape index (κ3) is 5.38. The molecule has 0 amide bonds. The maximum Gasteiger partial charge on any atom is 0.236 e. The van der Waals surface area contributed by atoms with Crippen molar-refractivity contribution in [2.45, 2.75) is 5.75 Å². The first-order chi connectivity index (χ1) is 10.6. The van der Waals surface area contributed by atoms with Gasteiger partial charge in [0.2, 0.25) is 10.0 Å². The van der Waals surface area contributed by atoms with Gasteiger partial charge < -0.3 is 9.47 Å². The number of benzene rings is 2. The van der Waals surface area contributed by atoms with E-state index in [4.69, 9.17) is 9.47 Å². The van der Waals surface area contributed by atoms with Crippen LogP contribution in [0.3, 0.4) is 0 Å². The Bertz CT molecular complexity index is 669. The van der Waals surface area contributed by atoms with E-state index >= 15 is 0 Å². The summed E-state index contributed by atoms with van der Waals surface area (Å²) in [5, 5.41) is 0. The summed E-state index contributed by atoms with van der Waals surface area (Å²) in [5.74, 6) is 0.614. The number of rotatable bonds is 8. The van der Waals surface area contributed by atoms with Crippen molar-refractivity contribution in [3.05, 3.63) is 60.2 Å². The molecule has 2 aromatic rings. The maximum atomic E-state index is 12.1. The average Bonchev–Trinajstić information content (AvgIpc) is 2.49. The van der Waals surface area contributed by atoms with Gasteiger partial charge in [0, 0.05) is 12.8 Å². The lowest BCUT2D eigenvalue weighted by Gasteiger charge is -2.09. The van der Waals surface area contributed by atoms with Crippen molar-refractivity contribution in [3.63, 3.8) is 0 Å². The summed E-state index contributed by atoms with van der Waals surface area (Å²) < 4.78 is 37.1. The molecule has 0 aliphatic heterocycles. The van der Waals surface area contributed by atoms with E-state index in [0.717, 1.165) is 5.56 Å². The van der Waals surface area contributed by atoms with E-state index in [1.807, 2.05) is 18.2 Å². The molecule has 0 bridgehead atoms. The summed E-state index contributed by atoms with van der Waals surface area (Å²) in [6, 6.07) is 15.8. The van der Waals surface area contributed by atoms with Gasteiger partial charge in [-0.05, 0) is 29.8 Å². The largest absolute Gasteiger partial charge is 0.491 e. The highest BCUT2D eigenvalue weighted by atomic mass is 32.2. The number of hydrogen-bond acceptors (Lipinski definition) is 4. The fourth-order valence-electron chi connectivity index (χ4n) is 1.87. The normalized spacial score (nSPS) is 11.1. The topological polar surface area (TPSA) is 64.6 Å². The first-order valence-electron chi connectivity index (χ1n) is 6.85. The molecule has 0 saturated carbocycles. The molecule has 2 aromatic carbocycles. The second-order valence-corrected chi connectivity index (χ2v) is 6.43. The molecule has 0 spiro atoms. The van der Waals surface area contributed by atoms with Gasteiger partial charge in [0.15, 0.2) is 0 Å². The van der Waals surface area contributed by atoms with Gasteiger partial charge in [-0.1, -0.05) is 30.3 Å². The molecule has 6 heteroatoms. The lowest BCUT2D eigenvalue weighted by atomic mass is 10.2. The molecule has 0 saturated heterocycles. The zero-order chi connectivity index (χ0) is 15.8. The molecule has 0 fully saturated rings. The van der Waals surface area contributed by atoms with Crippen LogP contribution in [0, 0.1) is 0 Å². The van der Waals surface area contributed by atoms with Crippen LogP contribution in [0.4, 0.5) is 5.69 Å². The van der Waals surface area contributed by atoms with E-state index in [1.165, 1.54) is 0 Å². The molecule has 0 radical (unpaired) electrons. The van der Waals surface area contributed by atoms with Gasteiger partial charge in [-0.2, -0.15) is 0 Å². The molecule has 2 rings (SSSR count). The lowest BCUT2D eigenvalue weighted by molar-refractivity contribution is 0.146. The second kappa shape index (κ2) is 7.82. The van der Waals surface area contributed by atoms with Crippen LogP contribution in [0.2, 0.25) is 0 Å². The van der Waals surface area contributed by atoms with E-state index in [9.17, 15) is 8.42 Å². The maximum absolute atomic E-state index is 12.1. The first kappa shape index (κ1) is 16.3. The summed E-state index contributed by atoms with van der Waals surface area (Å²) in [4.78, 5) is 0. The fourth-order valence-corrected chi connectivity index (χ4v) is 3.07. The first-order valence-corrected chi connectivity index (χ1v) is 8.50. The number of nitrogens with one attached hydrogen (secondary N) is 1. The highest BCUT2D eigenvalue weighted by Crippen LogP contribution is 2.18. The monoisotopic (exact) mass is 321 g/mol. The number of methoxy groups -OCH3 is 1.